The zero-order valence-electron chi connectivity index (χ0n) is 3.64. The lowest BCUT2D eigenvalue weighted by molar-refractivity contribution is 1.55. The zero-order chi connectivity index (χ0) is 6.41. The summed E-state index contributed by atoms with van der Waals surface area (Å²) in [5.74, 6) is 0. The van der Waals surface area contributed by atoms with E-state index in [1.165, 1.54) is 10.8 Å². The Balaban J connectivity index is 4.01. The average Bonchev–Trinajstić information content (AvgIpc) is 1.83. The van der Waals surface area contributed by atoms with Gasteiger partial charge in [0.05, 0.1) is 4.91 Å². The molecule has 0 aliphatic carbocycles. The van der Waals surface area contributed by atoms with Crippen molar-refractivity contribution in [2.75, 3.05) is 0 Å². The van der Waals surface area contributed by atoms with E-state index in [0.29, 0.717) is 0 Å². The van der Waals surface area contributed by atoms with Crippen LogP contribution in [0.4, 0.5) is 0 Å². The third-order valence-electron chi connectivity index (χ3n) is 0.291. The molecule has 0 saturated carbocycles. The third kappa shape index (κ3) is 1.93. The fraction of sp³-hybridized carbons (Fsp3) is 0. The van der Waals surface area contributed by atoms with Crippen molar-refractivity contribution < 1.29 is 0 Å². The van der Waals surface area contributed by atoms with Gasteiger partial charge in [-0.1, -0.05) is 0 Å². The van der Waals surface area contributed by atoms with Crippen molar-refractivity contribution in [2.24, 2.45) is 4.52 Å². The molecule has 0 radical (unpaired) electrons. The van der Waals surface area contributed by atoms with E-state index in [1.807, 2.05) is 0 Å². The highest BCUT2D eigenvalue weighted by molar-refractivity contribution is 8.04. The molecule has 0 aromatic heterocycles. The van der Waals surface area contributed by atoms with Crippen molar-refractivity contribution in [1.29, 1.82) is 10.5 Å². The molecule has 8 heavy (non-hydrogen) atoms. The van der Waals surface area contributed by atoms with Crippen molar-refractivity contribution in [3.63, 3.8) is 0 Å². The molecule has 0 aliphatic heterocycles. The molecule has 0 N–H and O–H groups in total. The van der Waals surface area contributed by atoms with E-state index in [9.17, 15) is 0 Å². The summed E-state index contributed by atoms with van der Waals surface area (Å²) in [6.45, 7) is 0. The van der Waals surface area contributed by atoms with E-state index in [-0.39, 0.29) is 0 Å². The minimum Gasteiger partial charge on any atom is -0.133 e. The van der Waals surface area contributed by atoms with Crippen LogP contribution >= 0.6 is 0 Å². The molecular formula is C2N5S+. The van der Waals surface area contributed by atoms with E-state index in [1.54, 1.807) is 0 Å². The summed E-state index contributed by atoms with van der Waals surface area (Å²) in [4.78, 5) is 2.27. The molecule has 0 fully saturated rings. The quantitative estimate of drug-likeness (QED) is 0.171. The Morgan fingerprint density at radius 2 is 2.00 bits per heavy atom. The molecule has 5 nitrogen and oxygen atoms in total. The predicted octanol–water partition coefficient (Wildman–Crippen LogP) is 0.792. The molecule has 6 heteroatoms. The van der Waals surface area contributed by atoms with E-state index >= 15 is 0 Å². The Hall–Kier alpha value is -1.36. The summed E-state index contributed by atoms with van der Waals surface area (Å²) in [7, 11) is 0. The van der Waals surface area contributed by atoms with Crippen LogP contribution in [0.15, 0.2) is 4.52 Å². The highest BCUT2D eigenvalue weighted by Crippen LogP contribution is 1.91. The normalized spacial score (nSPS) is 6.38. The van der Waals surface area contributed by atoms with Gasteiger partial charge in [0.25, 0.3) is 0 Å². The van der Waals surface area contributed by atoms with Crippen molar-refractivity contribution in [1.82, 2.24) is 0 Å². The summed E-state index contributed by atoms with van der Waals surface area (Å²) < 4.78 is 2.85. The number of thiocyanates is 2. The van der Waals surface area contributed by atoms with E-state index in [4.69, 9.17) is 16.1 Å². The highest BCUT2D eigenvalue weighted by Gasteiger charge is 2.15. The van der Waals surface area contributed by atoms with Gasteiger partial charge in [-0.15, -0.1) is 10.5 Å². The van der Waals surface area contributed by atoms with Gasteiger partial charge in [0, 0.05) is 5.53 Å². The first-order chi connectivity index (χ1) is 3.85. The largest absolute Gasteiger partial charge is 0.354 e. The first kappa shape index (κ1) is 6.64. The van der Waals surface area contributed by atoms with Gasteiger partial charge in [-0.3, -0.25) is 0 Å². The van der Waals surface area contributed by atoms with Gasteiger partial charge in [-0.25, -0.2) is 0 Å². The van der Waals surface area contributed by atoms with Gasteiger partial charge >= 0.3 is 21.9 Å². The molecule has 38 valence electrons. The molecule has 0 unspecified atom stereocenters. The van der Waals surface area contributed by atoms with Crippen LogP contribution in [-0.2, 0) is 11.1 Å². The molecule has 0 aromatic rings. The van der Waals surface area contributed by atoms with Crippen LogP contribution in [0.1, 0.15) is 0 Å². The van der Waals surface area contributed by atoms with E-state index in [2.05, 4.69) is 9.43 Å². The number of azide groups is 1. The van der Waals surface area contributed by atoms with Crippen molar-refractivity contribution in [3.05, 3.63) is 10.4 Å². The molecule has 0 heterocycles. The monoisotopic (exact) mass is 126 g/mol. The Morgan fingerprint density at radius 1 is 1.50 bits per heavy atom. The fourth-order valence-corrected chi connectivity index (χ4v) is 0.280. The van der Waals surface area contributed by atoms with Crippen LogP contribution < -0.4 is 0 Å². The van der Waals surface area contributed by atoms with Crippen LogP contribution in [-0.4, -0.2) is 0 Å². The second-order valence-electron chi connectivity index (χ2n) is 0.638. The molecule has 0 spiro atoms. The van der Waals surface area contributed by atoms with Gasteiger partial charge in [0.1, 0.15) is 0 Å². The Kier molecular flexibility index (Phi) is 3.17. The van der Waals surface area contributed by atoms with Crippen LogP contribution in [0.25, 0.3) is 10.4 Å². The Morgan fingerprint density at radius 3 is 2.12 bits per heavy atom. The molecule has 0 atom stereocenters. The maximum absolute atomic E-state index is 7.93. The second kappa shape index (κ2) is 3.82. The standard InChI is InChI=1S/C2N5S/c3-1-8(2-4)7-6-5/q+1. The molecule has 0 amide bonds. The molecule has 0 bridgehead atoms. The van der Waals surface area contributed by atoms with Gasteiger partial charge in [-0.2, -0.15) is 0 Å². The average molecular weight is 126 g/mol. The van der Waals surface area contributed by atoms with Gasteiger partial charge < -0.3 is 0 Å². The van der Waals surface area contributed by atoms with Gasteiger partial charge in [-0.05, 0) is 0 Å². The minimum atomic E-state index is -1.42. The number of hydrogen-bond acceptors (Lipinski definition) is 3. The number of nitrogens with zero attached hydrogens (tertiary/aromatic N) is 5. The van der Waals surface area contributed by atoms with Gasteiger partial charge in [0.15, 0.2) is 4.52 Å². The Bertz CT molecular complexity index is 175. The summed E-state index contributed by atoms with van der Waals surface area (Å²) in [5, 5.41) is 18.9. The topological polar surface area (TPSA) is 96.3 Å². The first-order valence-corrected chi connectivity index (χ1v) is 2.62. The maximum Gasteiger partial charge on any atom is 0.354 e. The van der Waals surface area contributed by atoms with Crippen molar-refractivity contribution in [3.8, 4) is 10.8 Å². The van der Waals surface area contributed by atoms with E-state index in [0.717, 1.165) is 0 Å². The minimum absolute atomic E-state index is 1.42. The number of rotatable bonds is 1. The summed E-state index contributed by atoms with van der Waals surface area (Å²) in [6, 6.07) is 0. The van der Waals surface area contributed by atoms with Gasteiger partial charge in [0.2, 0.25) is 0 Å². The summed E-state index contributed by atoms with van der Waals surface area (Å²) in [6.07, 6.45) is 0. The van der Waals surface area contributed by atoms with E-state index < -0.39 is 11.1 Å². The second-order valence-corrected chi connectivity index (χ2v) is 1.74. The van der Waals surface area contributed by atoms with Crippen LogP contribution in [0, 0.1) is 21.3 Å². The molecule has 0 aliphatic rings. The fourth-order valence-electron chi connectivity index (χ4n) is 0.0934. The lowest BCUT2D eigenvalue weighted by Gasteiger charge is -1.57. The molecule has 0 saturated heterocycles. The number of hydrogen-bond donors (Lipinski definition) is 0. The lowest BCUT2D eigenvalue weighted by Crippen LogP contribution is -1.81. The summed E-state index contributed by atoms with van der Waals surface area (Å²) in [5.41, 5.74) is 7.66. The van der Waals surface area contributed by atoms with Crippen molar-refractivity contribution in [2.45, 2.75) is 0 Å². The smallest absolute Gasteiger partial charge is 0.133 e. The predicted molar refractivity (Wildman–Crippen MR) is 27.7 cm³/mol. The van der Waals surface area contributed by atoms with Crippen LogP contribution in [0.3, 0.4) is 0 Å². The van der Waals surface area contributed by atoms with Crippen LogP contribution in [0.2, 0.25) is 0 Å². The molecule has 0 rings (SSSR count). The number of nitriles is 2. The highest BCUT2D eigenvalue weighted by atomic mass is 32.2. The molecule has 0 aromatic carbocycles. The third-order valence-corrected chi connectivity index (χ3v) is 0.873. The Labute approximate surface area is 48.2 Å². The zero-order valence-corrected chi connectivity index (χ0v) is 4.46. The van der Waals surface area contributed by atoms with Crippen LogP contribution in [0.5, 0.6) is 0 Å². The SMILES string of the molecule is N#C[S+](C#N)N=[N+]=[N-]. The maximum atomic E-state index is 7.93. The lowest BCUT2D eigenvalue weighted by atomic mass is 11.8. The molecular weight excluding hydrogens is 126 g/mol. The summed E-state index contributed by atoms with van der Waals surface area (Å²) >= 11 is -1.42. The van der Waals surface area contributed by atoms with Crippen molar-refractivity contribution >= 4 is 11.1 Å². The first-order valence-electron chi connectivity index (χ1n) is 1.44.